The highest BCUT2D eigenvalue weighted by atomic mass is 16.6. The Hall–Kier alpha value is -1.96. The van der Waals surface area contributed by atoms with E-state index >= 15 is 0 Å². The third kappa shape index (κ3) is 4.31. The Labute approximate surface area is 141 Å². The monoisotopic (exact) mass is 338 g/mol. The van der Waals surface area contributed by atoms with E-state index in [1.165, 1.54) is 30.1 Å². The molecule has 2 rings (SSSR count). The van der Waals surface area contributed by atoms with Gasteiger partial charge in [-0.05, 0) is 32.6 Å². The topological polar surface area (TPSA) is 99.3 Å². The van der Waals surface area contributed by atoms with Crippen molar-refractivity contribution in [2.45, 2.75) is 58.1 Å². The van der Waals surface area contributed by atoms with Crippen LogP contribution in [0.1, 0.15) is 46.5 Å². The maximum Gasteiger partial charge on any atom is 0.307 e. The van der Waals surface area contributed by atoms with Crippen molar-refractivity contribution in [1.82, 2.24) is 15.1 Å². The first-order valence-electron chi connectivity index (χ1n) is 8.42. The van der Waals surface area contributed by atoms with Crippen LogP contribution in [0.15, 0.2) is 12.4 Å². The number of hydrogen-bond donors (Lipinski definition) is 1. The fraction of sp³-hybridized carbons (Fsp3) is 0.750. The summed E-state index contributed by atoms with van der Waals surface area (Å²) in [6, 6.07) is 0. The number of nitro groups is 1. The van der Waals surface area contributed by atoms with Gasteiger partial charge in [0.05, 0.1) is 17.6 Å². The lowest BCUT2D eigenvalue weighted by molar-refractivity contribution is -0.385. The molecule has 1 heterocycles. The highest BCUT2D eigenvalue weighted by Crippen LogP contribution is 2.26. The van der Waals surface area contributed by atoms with E-state index in [9.17, 15) is 14.9 Å². The zero-order chi connectivity index (χ0) is 17.7. The second-order valence-electron chi connectivity index (χ2n) is 6.89. The van der Waals surface area contributed by atoms with Crippen LogP contribution in [0, 0.1) is 16.0 Å². The molecule has 1 aromatic rings. The molecule has 0 saturated heterocycles. The molecule has 8 heteroatoms. The van der Waals surface area contributed by atoms with E-state index in [4.69, 9.17) is 4.74 Å². The molecule has 1 aliphatic rings. The highest BCUT2D eigenvalue weighted by molar-refractivity contribution is 5.83. The van der Waals surface area contributed by atoms with Gasteiger partial charge in [-0.2, -0.15) is 5.10 Å². The highest BCUT2D eigenvalue weighted by Gasteiger charge is 2.31. The molecule has 1 aromatic heterocycles. The maximum absolute atomic E-state index is 12.4. The predicted molar refractivity (Wildman–Crippen MR) is 88.6 cm³/mol. The fourth-order valence-electron chi connectivity index (χ4n) is 2.94. The number of carbonyl (C=O) groups excluding carboxylic acids is 1. The number of ether oxygens (including phenoxy) is 1. The molecule has 0 aromatic carbocycles. The molecular formula is C16H26N4O4. The van der Waals surface area contributed by atoms with Crippen molar-refractivity contribution in [2.24, 2.45) is 5.92 Å². The van der Waals surface area contributed by atoms with Crippen LogP contribution in [-0.2, 0) is 15.1 Å². The second kappa shape index (κ2) is 7.74. The van der Waals surface area contributed by atoms with Gasteiger partial charge < -0.3 is 10.1 Å². The summed E-state index contributed by atoms with van der Waals surface area (Å²) in [4.78, 5) is 22.6. The van der Waals surface area contributed by atoms with Gasteiger partial charge in [-0.1, -0.05) is 19.8 Å². The molecule has 1 amide bonds. The predicted octanol–water partition coefficient (Wildman–Crippen LogP) is 2.24. The van der Waals surface area contributed by atoms with E-state index < -0.39 is 10.5 Å². The van der Waals surface area contributed by atoms with Gasteiger partial charge in [-0.3, -0.25) is 19.6 Å². The molecule has 1 aliphatic carbocycles. The summed E-state index contributed by atoms with van der Waals surface area (Å²) in [6.07, 6.45) is 7.42. The number of nitrogens with one attached hydrogen (secondary N) is 1. The minimum atomic E-state index is -1.01. The van der Waals surface area contributed by atoms with Gasteiger partial charge in [0.15, 0.2) is 0 Å². The Morgan fingerprint density at radius 1 is 1.50 bits per heavy atom. The molecule has 1 saturated carbocycles. The van der Waals surface area contributed by atoms with Crippen LogP contribution in [0.25, 0.3) is 0 Å². The van der Waals surface area contributed by atoms with Gasteiger partial charge in [0.1, 0.15) is 17.9 Å². The molecule has 8 nitrogen and oxygen atoms in total. The largest absolute Gasteiger partial charge is 0.376 e. The summed E-state index contributed by atoms with van der Waals surface area (Å²) in [5, 5.41) is 17.5. The normalized spacial score (nSPS) is 21.5. The fourth-order valence-corrected chi connectivity index (χ4v) is 2.94. The first kappa shape index (κ1) is 18.4. The Kier molecular flexibility index (Phi) is 5.93. The smallest absolute Gasteiger partial charge is 0.307 e. The Balaban J connectivity index is 1.81. The van der Waals surface area contributed by atoms with Crippen LogP contribution in [0.2, 0.25) is 0 Å². The summed E-state index contributed by atoms with van der Waals surface area (Å²) in [6.45, 7) is 6.42. The van der Waals surface area contributed by atoms with Gasteiger partial charge in [0, 0.05) is 6.54 Å². The third-order valence-corrected chi connectivity index (χ3v) is 4.66. The molecule has 0 spiro atoms. The number of amides is 1. The van der Waals surface area contributed by atoms with Gasteiger partial charge in [0.25, 0.3) is 0 Å². The van der Waals surface area contributed by atoms with E-state index in [0.717, 1.165) is 12.6 Å². The van der Waals surface area contributed by atoms with Gasteiger partial charge in [0.2, 0.25) is 5.91 Å². The summed E-state index contributed by atoms with van der Waals surface area (Å²) >= 11 is 0. The van der Waals surface area contributed by atoms with Crippen molar-refractivity contribution in [1.29, 1.82) is 0 Å². The van der Waals surface area contributed by atoms with E-state index in [2.05, 4.69) is 17.3 Å². The maximum atomic E-state index is 12.4. The van der Waals surface area contributed by atoms with Crippen molar-refractivity contribution >= 4 is 11.6 Å². The van der Waals surface area contributed by atoms with Crippen molar-refractivity contribution in [2.75, 3.05) is 13.2 Å². The third-order valence-electron chi connectivity index (χ3n) is 4.66. The summed E-state index contributed by atoms with van der Waals surface area (Å²) in [7, 11) is 0. The molecule has 134 valence electrons. The quantitative estimate of drug-likeness (QED) is 0.467. The SMILES string of the molecule is C[C@@H]1CCCC[C@H]1OCCNC(=O)C(C)(C)n1cc([N+](=O)[O-])cn1. The number of aromatic nitrogens is 2. The average Bonchev–Trinajstić information content (AvgIpc) is 3.04. The average molecular weight is 338 g/mol. The van der Waals surface area contributed by atoms with Crippen molar-refractivity contribution in [3.8, 4) is 0 Å². The van der Waals surface area contributed by atoms with Crippen LogP contribution < -0.4 is 5.32 Å². The van der Waals surface area contributed by atoms with Crippen LogP contribution in [0.4, 0.5) is 5.69 Å². The number of nitrogens with zero attached hydrogens (tertiary/aromatic N) is 3. The molecule has 0 bridgehead atoms. The summed E-state index contributed by atoms with van der Waals surface area (Å²) < 4.78 is 7.18. The van der Waals surface area contributed by atoms with Crippen LogP contribution in [0.3, 0.4) is 0 Å². The number of carbonyl (C=O) groups is 1. The molecule has 1 N–H and O–H groups in total. The summed E-state index contributed by atoms with van der Waals surface area (Å²) in [5.41, 5.74) is -1.14. The lowest BCUT2D eigenvalue weighted by atomic mass is 9.88. The first-order chi connectivity index (χ1) is 11.3. The lowest BCUT2D eigenvalue weighted by Crippen LogP contribution is -2.46. The first-order valence-corrected chi connectivity index (χ1v) is 8.42. The number of rotatable bonds is 7. The zero-order valence-corrected chi connectivity index (χ0v) is 14.5. The number of hydrogen-bond acceptors (Lipinski definition) is 5. The van der Waals surface area contributed by atoms with E-state index in [-0.39, 0.29) is 17.7 Å². The van der Waals surface area contributed by atoms with Crippen LogP contribution in [-0.4, -0.2) is 39.9 Å². The van der Waals surface area contributed by atoms with Crippen LogP contribution in [0.5, 0.6) is 0 Å². The minimum Gasteiger partial charge on any atom is -0.376 e. The van der Waals surface area contributed by atoms with Crippen molar-refractivity contribution in [3.63, 3.8) is 0 Å². The summed E-state index contributed by atoms with van der Waals surface area (Å²) in [5.74, 6) is 0.316. The molecule has 0 unspecified atom stereocenters. The minimum absolute atomic E-state index is 0.134. The van der Waals surface area contributed by atoms with E-state index in [1.54, 1.807) is 13.8 Å². The second-order valence-corrected chi connectivity index (χ2v) is 6.89. The molecule has 0 radical (unpaired) electrons. The van der Waals surface area contributed by atoms with Gasteiger partial charge in [-0.15, -0.1) is 0 Å². The Bertz CT molecular complexity index is 584. The molecule has 24 heavy (non-hydrogen) atoms. The molecule has 1 fully saturated rings. The van der Waals surface area contributed by atoms with Gasteiger partial charge in [-0.25, -0.2) is 0 Å². The molecule has 2 atom stereocenters. The van der Waals surface area contributed by atoms with Crippen LogP contribution >= 0.6 is 0 Å². The standard InChI is InChI=1S/C16H26N4O4/c1-12-6-4-5-7-14(12)24-9-8-17-15(21)16(2,3)19-11-13(10-18-19)20(22)23/h10-12,14H,4-9H2,1-3H3,(H,17,21)/t12-,14-/m1/s1. The van der Waals surface area contributed by atoms with Crippen molar-refractivity contribution in [3.05, 3.63) is 22.5 Å². The molecular weight excluding hydrogens is 312 g/mol. The van der Waals surface area contributed by atoms with E-state index in [0.29, 0.717) is 19.1 Å². The Morgan fingerprint density at radius 2 is 2.21 bits per heavy atom. The van der Waals surface area contributed by atoms with Gasteiger partial charge >= 0.3 is 5.69 Å². The van der Waals surface area contributed by atoms with E-state index in [1.807, 2.05) is 0 Å². The zero-order valence-electron chi connectivity index (χ0n) is 14.5. The Morgan fingerprint density at radius 3 is 2.83 bits per heavy atom. The molecule has 0 aliphatic heterocycles. The lowest BCUT2D eigenvalue weighted by Gasteiger charge is -2.29. The van der Waals surface area contributed by atoms with Crippen molar-refractivity contribution < 1.29 is 14.5 Å².